The number of fused-ring (bicyclic) bond motifs is 1. The second-order valence-electron chi connectivity index (χ2n) is 7.16. The van der Waals surface area contributed by atoms with Crippen molar-refractivity contribution in [2.45, 2.75) is 59.4 Å². The van der Waals surface area contributed by atoms with Crippen LogP contribution in [0.25, 0.3) is 22.6 Å². The predicted octanol–water partition coefficient (Wildman–Crippen LogP) is 5.40. The highest BCUT2D eigenvalue weighted by Crippen LogP contribution is 2.47. The molecule has 2 unspecified atom stereocenters. The molecule has 0 amide bonds. The van der Waals surface area contributed by atoms with Crippen LogP contribution >= 0.6 is 0 Å². The number of esters is 1. The summed E-state index contributed by atoms with van der Waals surface area (Å²) in [7, 11) is 0. The first kappa shape index (κ1) is 20.1. The smallest absolute Gasteiger partial charge is 0.338 e. The molecule has 0 radical (unpaired) electrons. The van der Waals surface area contributed by atoms with E-state index in [1.165, 1.54) is 5.56 Å². The molecular weight excluding hydrogens is 354 g/mol. The molecule has 2 heterocycles. The number of ether oxygens (including phenoxy) is 2. The summed E-state index contributed by atoms with van der Waals surface area (Å²) in [5.74, 6) is 0.248. The van der Waals surface area contributed by atoms with Crippen LogP contribution in [-0.4, -0.2) is 23.2 Å². The first-order valence-electron chi connectivity index (χ1n) is 9.73. The Labute approximate surface area is 165 Å². The van der Waals surface area contributed by atoms with Gasteiger partial charge < -0.3 is 13.9 Å². The zero-order valence-corrected chi connectivity index (χ0v) is 17.3. The third-order valence-electron chi connectivity index (χ3n) is 4.63. The van der Waals surface area contributed by atoms with Gasteiger partial charge in [0.2, 0.25) is 5.89 Å². The fourth-order valence-corrected chi connectivity index (χ4v) is 3.05. The maximum Gasteiger partial charge on any atom is 0.338 e. The van der Waals surface area contributed by atoms with Gasteiger partial charge in [0.15, 0.2) is 11.7 Å². The fourth-order valence-electron chi connectivity index (χ4n) is 3.05. The van der Waals surface area contributed by atoms with Crippen molar-refractivity contribution in [3.05, 3.63) is 53.6 Å². The molecule has 0 saturated carbocycles. The minimum atomic E-state index is -0.677. The first-order valence-corrected chi connectivity index (χ1v) is 9.73. The molecule has 28 heavy (non-hydrogen) atoms. The second-order valence-corrected chi connectivity index (χ2v) is 7.16. The Hall–Kier alpha value is -2.66. The van der Waals surface area contributed by atoms with E-state index in [1.54, 1.807) is 0 Å². The summed E-state index contributed by atoms with van der Waals surface area (Å²) in [4.78, 5) is 16.7. The van der Waals surface area contributed by atoms with Crippen LogP contribution in [0.3, 0.4) is 0 Å². The van der Waals surface area contributed by atoms with Gasteiger partial charge in [0.1, 0.15) is 11.1 Å². The molecule has 1 aromatic heterocycles. The van der Waals surface area contributed by atoms with Crippen LogP contribution in [-0.2, 0) is 19.9 Å². The molecular formula is C23H27NO4. The van der Waals surface area contributed by atoms with Gasteiger partial charge in [-0.15, -0.1) is 0 Å². The van der Waals surface area contributed by atoms with Gasteiger partial charge in [-0.2, -0.15) is 0 Å². The van der Waals surface area contributed by atoms with Crippen molar-refractivity contribution in [3.8, 4) is 11.5 Å². The summed E-state index contributed by atoms with van der Waals surface area (Å²) < 4.78 is 16.8. The lowest BCUT2D eigenvalue weighted by Crippen LogP contribution is -2.21. The average molecular weight is 381 g/mol. The molecule has 2 atom stereocenters. The molecule has 148 valence electrons. The highest BCUT2D eigenvalue weighted by atomic mass is 16.7. The highest BCUT2D eigenvalue weighted by Gasteiger charge is 2.59. The number of rotatable bonds is 4. The molecule has 0 bridgehead atoms. The molecule has 2 aromatic carbocycles. The topological polar surface area (TPSA) is 64.9 Å². The Kier molecular flexibility index (Phi) is 5.57. The lowest BCUT2D eigenvalue weighted by Gasteiger charge is -2.08. The van der Waals surface area contributed by atoms with E-state index in [0.29, 0.717) is 11.5 Å². The van der Waals surface area contributed by atoms with Crippen molar-refractivity contribution >= 4 is 17.1 Å². The standard InChI is InChI=1S/C21H21NO4.C2H6/c1-12(2)24-20(23)18-21(4,26-18)15-9-10-17-16(11-15)22-19(25-17)14-7-5-13(3)6-8-14;1-2/h5-12,18H,1-4H3;1-2H3. The summed E-state index contributed by atoms with van der Waals surface area (Å²) in [6.07, 6.45) is -0.739. The van der Waals surface area contributed by atoms with Crippen LogP contribution in [0.5, 0.6) is 0 Å². The lowest BCUT2D eigenvalue weighted by molar-refractivity contribution is -0.148. The van der Waals surface area contributed by atoms with E-state index in [2.05, 4.69) is 4.98 Å². The number of epoxide rings is 1. The third kappa shape index (κ3) is 3.80. The van der Waals surface area contributed by atoms with Gasteiger partial charge in [0, 0.05) is 5.56 Å². The van der Waals surface area contributed by atoms with Crippen LogP contribution in [0.2, 0.25) is 0 Å². The van der Waals surface area contributed by atoms with Crippen molar-refractivity contribution in [2.75, 3.05) is 0 Å². The Morgan fingerprint density at radius 1 is 1.14 bits per heavy atom. The fraction of sp³-hybridized carbons (Fsp3) is 0.391. The van der Waals surface area contributed by atoms with Crippen LogP contribution in [0.4, 0.5) is 0 Å². The Bertz CT molecular complexity index is 974. The van der Waals surface area contributed by atoms with Crippen LogP contribution in [0.1, 0.15) is 45.7 Å². The molecule has 0 N–H and O–H groups in total. The third-order valence-corrected chi connectivity index (χ3v) is 4.63. The zero-order valence-electron chi connectivity index (χ0n) is 17.3. The number of hydrogen-bond donors (Lipinski definition) is 0. The molecule has 5 nitrogen and oxygen atoms in total. The predicted molar refractivity (Wildman–Crippen MR) is 109 cm³/mol. The van der Waals surface area contributed by atoms with E-state index in [-0.39, 0.29) is 12.1 Å². The van der Waals surface area contributed by atoms with Crippen LogP contribution in [0, 0.1) is 6.92 Å². The molecule has 1 saturated heterocycles. The maximum atomic E-state index is 12.1. The van der Waals surface area contributed by atoms with Gasteiger partial charge in [-0.3, -0.25) is 0 Å². The second kappa shape index (κ2) is 7.76. The SMILES string of the molecule is CC.Cc1ccc(-c2nc3cc(C4(C)OC4C(=O)OC(C)C)ccc3o2)cc1. The monoisotopic (exact) mass is 381 g/mol. The van der Waals surface area contributed by atoms with Gasteiger partial charge in [-0.25, -0.2) is 9.78 Å². The number of nitrogens with zero attached hydrogens (tertiary/aromatic N) is 1. The normalized spacial score (nSPS) is 20.6. The Balaban J connectivity index is 0.00000109. The van der Waals surface area contributed by atoms with Crippen LogP contribution in [0.15, 0.2) is 46.9 Å². The van der Waals surface area contributed by atoms with Crippen LogP contribution < -0.4 is 0 Å². The van der Waals surface area contributed by atoms with Crippen molar-refractivity contribution in [1.29, 1.82) is 0 Å². The van der Waals surface area contributed by atoms with Gasteiger partial charge >= 0.3 is 5.97 Å². The van der Waals surface area contributed by atoms with E-state index in [1.807, 2.05) is 84.0 Å². The minimum Gasteiger partial charge on any atom is -0.461 e. The first-order chi connectivity index (χ1) is 13.4. The molecule has 3 aromatic rings. The summed E-state index contributed by atoms with van der Waals surface area (Å²) in [5.41, 5.74) is 3.77. The Morgan fingerprint density at radius 2 is 1.82 bits per heavy atom. The molecule has 1 aliphatic heterocycles. The molecule has 1 aliphatic rings. The summed E-state index contributed by atoms with van der Waals surface area (Å²) in [6, 6.07) is 13.7. The van der Waals surface area contributed by atoms with E-state index in [4.69, 9.17) is 13.9 Å². The number of hydrogen-bond acceptors (Lipinski definition) is 5. The summed E-state index contributed by atoms with van der Waals surface area (Å²) in [5, 5.41) is 0. The van der Waals surface area contributed by atoms with E-state index >= 15 is 0 Å². The van der Waals surface area contributed by atoms with E-state index in [9.17, 15) is 4.79 Å². The number of aromatic nitrogens is 1. The number of carbonyl (C=O) groups is 1. The average Bonchev–Trinajstić information content (AvgIpc) is 3.20. The maximum absolute atomic E-state index is 12.1. The van der Waals surface area contributed by atoms with E-state index < -0.39 is 11.7 Å². The number of benzene rings is 2. The number of oxazole rings is 1. The highest BCUT2D eigenvalue weighted by molar-refractivity contribution is 5.82. The van der Waals surface area contributed by atoms with Gasteiger partial charge in [0.25, 0.3) is 0 Å². The summed E-state index contributed by atoms with van der Waals surface area (Å²) >= 11 is 0. The molecule has 4 rings (SSSR count). The largest absolute Gasteiger partial charge is 0.461 e. The van der Waals surface area contributed by atoms with Gasteiger partial charge in [-0.05, 0) is 57.5 Å². The zero-order chi connectivity index (χ0) is 20.5. The van der Waals surface area contributed by atoms with E-state index in [0.717, 1.165) is 16.6 Å². The summed E-state index contributed by atoms with van der Waals surface area (Å²) in [6.45, 7) is 11.6. The molecule has 1 fully saturated rings. The minimum absolute atomic E-state index is 0.161. The van der Waals surface area contributed by atoms with Gasteiger partial charge in [0.05, 0.1) is 6.10 Å². The quantitative estimate of drug-likeness (QED) is 0.447. The lowest BCUT2D eigenvalue weighted by atomic mass is 9.97. The molecule has 5 heteroatoms. The van der Waals surface area contributed by atoms with Crippen molar-refractivity contribution in [3.63, 3.8) is 0 Å². The Morgan fingerprint density at radius 3 is 2.46 bits per heavy atom. The van der Waals surface area contributed by atoms with Crippen molar-refractivity contribution in [2.24, 2.45) is 0 Å². The van der Waals surface area contributed by atoms with Crippen molar-refractivity contribution in [1.82, 2.24) is 4.98 Å². The number of carbonyl (C=O) groups excluding carboxylic acids is 1. The molecule has 0 spiro atoms. The van der Waals surface area contributed by atoms with Gasteiger partial charge in [-0.1, -0.05) is 37.6 Å². The molecule has 0 aliphatic carbocycles. The number of aryl methyl sites for hydroxylation is 1. The van der Waals surface area contributed by atoms with Crippen molar-refractivity contribution < 1.29 is 18.7 Å².